The van der Waals surface area contributed by atoms with Gasteiger partial charge in [0.25, 0.3) is 0 Å². The summed E-state index contributed by atoms with van der Waals surface area (Å²) in [6, 6.07) is 29.6. The molecular weight excluding hydrogens is 348 g/mol. The Bertz CT molecular complexity index is 1020. The number of fused-ring (bicyclic) bond motifs is 1. The average molecular weight is 371 g/mol. The van der Waals surface area contributed by atoms with E-state index >= 15 is 0 Å². The summed E-state index contributed by atoms with van der Waals surface area (Å²) < 4.78 is 2.33. The zero-order valence-electron chi connectivity index (χ0n) is 15.2. The molecule has 1 atom stereocenters. The number of hydrogen-bond donors (Lipinski definition) is 0. The van der Waals surface area contributed by atoms with Gasteiger partial charge in [-0.05, 0) is 29.7 Å². The number of benzene rings is 3. The molecular formula is C24H22N2S. The minimum atomic E-state index is 0.301. The maximum Gasteiger partial charge on any atom is 0.169 e. The topological polar surface area (TPSA) is 17.8 Å². The minimum Gasteiger partial charge on any atom is -0.314 e. The standard InChI is InChI=1S/C24H22N2S/c1-2-11-23(20-14-7-4-8-15-20)27-24-25-21-16-9-10-17-22(21)26(24)18-19-12-5-3-6-13-19/h2-10,12-17,23H,1,11,18H2. The van der Waals surface area contributed by atoms with Crippen molar-refractivity contribution >= 4 is 22.8 Å². The molecule has 27 heavy (non-hydrogen) atoms. The van der Waals surface area contributed by atoms with Crippen molar-refractivity contribution in [3.05, 3.63) is 109 Å². The highest BCUT2D eigenvalue weighted by atomic mass is 32.2. The van der Waals surface area contributed by atoms with Gasteiger partial charge in [0.1, 0.15) is 0 Å². The third kappa shape index (κ3) is 3.99. The molecule has 3 aromatic carbocycles. The molecule has 0 saturated carbocycles. The molecule has 134 valence electrons. The number of allylic oxidation sites excluding steroid dienone is 1. The highest BCUT2D eigenvalue weighted by molar-refractivity contribution is 7.99. The van der Waals surface area contributed by atoms with Crippen LogP contribution in [0.15, 0.2) is 103 Å². The van der Waals surface area contributed by atoms with E-state index in [9.17, 15) is 0 Å². The van der Waals surface area contributed by atoms with Crippen molar-refractivity contribution < 1.29 is 0 Å². The molecule has 4 aromatic rings. The number of rotatable bonds is 7. The molecule has 0 saturated heterocycles. The lowest BCUT2D eigenvalue weighted by Crippen LogP contribution is -2.03. The van der Waals surface area contributed by atoms with E-state index in [0.717, 1.165) is 23.6 Å². The number of para-hydroxylation sites is 2. The first-order chi connectivity index (χ1) is 13.3. The Kier molecular flexibility index (Phi) is 5.40. The summed E-state index contributed by atoms with van der Waals surface area (Å²) >= 11 is 1.82. The lowest BCUT2D eigenvalue weighted by atomic mass is 10.1. The fraction of sp³-hybridized carbons (Fsp3) is 0.125. The molecule has 1 heterocycles. The van der Waals surface area contributed by atoms with Gasteiger partial charge in [-0.1, -0.05) is 90.6 Å². The van der Waals surface area contributed by atoms with E-state index in [1.807, 2.05) is 17.8 Å². The largest absolute Gasteiger partial charge is 0.314 e. The summed E-state index contributed by atoms with van der Waals surface area (Å²) in [6.45, 7) is 4.78. The summed E-state index contributed by atoms with van der Waals surface area (Å²) in [4.78, 5) is 4.95. The molecule has 0 bridgehead atoms. The van der Waals surface area contributed by atoms with Gasteiger partial charge in [0.05, 0.1) is 17.6 Å². The Morgan fingerprint density at radius 2 is 1.56 bits per heavy atom. The van der Waals surface area contributed by atoms with Gasteiger partial charge < -0.3 is 4.57 Å². The number of imidazole rings is 1. The smallest absolute Gasteiger partial charge is 0.169 e. The molecule has 0 N–H and O–H groups in total. The van der Waals surface area contributed by atoms with Gasteiger partial charge in [-0.2, -0.15) is 0 Å². The second kappa shape index (κ2) is 8.28. The zero-order valence-corrected chi connectivity index (χ0v) is 16.0. The van der Waals surface area contributed by atoms with Crippen LogP contribution in [0.3, 0.4) is 0 Å². The van der Waals surface area contributed by atoms with E-state index in [1.165, 1.54) is 16.6 Å². The van der Waals surface area contributed by atoms with Crippen molar-refractivity contribution in [1.82, 2.24) is 9.55 Å². The van der Waals surface area contributed by atoms with Gasteiger partial charge in [0.2, 0.25) is 0 Å². The monoisotopic (exact) mass is 370 g/mol. The highest BCUT2D eigenvalue weighted by Gasteiger charge is 2.18. The van der Waals surface area contributed by atoms with Crippen molar-refractivity contribution in [2.24, 2.45) is 0 Å². The Labute approximate surface area is 164 Å². The molecule has 0 fully saturated rings. The maximum atomic E-state index is 4.95. The summed E-state index contributed by atoms with van der Waals surface area (Å²) in [5.41, 5.74) is 4.80. The SMILES string of the molecule is C=CCC(Sc1nc2ccccc2n1Cc1ccccc1)c1ccccc1. The lowest BCUT2D eigenvalue weighted by Gasteiger charge is -2.16. The Morgan fingerprint density at radius 3 is 2.30 bits per heavy atom. The van der Waals surface area contributed by atoms with E-state index in [-0.39, 0.29) is 0 Å². The number of nitrogens with zero attached hydrogens (tertiary/aromatic N) is 2. The Hall–Kier alpha value is -2.78. The minimum absolute atomic E-state index is 0.301. The first kappa shape index (κ1) is 17.6. The molecule has 2 nitrogen and oxygen atoms in total. The molecule has 3 heteroatoms. The van der Waals surface area contributed by atoms with E-state index in [0.29, 0.717) is 5.25 Å². The molecule has 0 radical (unpaired) electrons. The van der Waals surface area contributed by atoms with Gasteiger partial charge in [-0.3, -0.25) is 0 Å². The predicted octanol–water partition coefficient (Wildman–Crippen LogP) is 6.49. The van der Waals surface area contributed by atoms with E-state index in [4.69, 9.17) is 4.98 Å². The number of aromatic nitrogens is 2. The van der Waals surface area contributed by atoms with Gasteiger partial charge in [0.15, 0.2) is 5.16 Å². The van der Waals surface area contributed by atoms with Gasteiger partial charge in [-0.15, -0.1) is 6.58 Å². The van der Waals surface area contributed by atoms with Crippen molar-refractivity contribution in [3.8, 4) is 0 Å². The Balaban J connectivity index is 1.73. The maximum absolute atomic E-state index is 4.95. The van der Waals surface area contributed by atoms with Crippen LogP contribution in [-0.4, -0.2) is 9.55 Å². The van der Waals surface area contributed by atoms with Crippen LogP contribution in [0.1, 0.15) is 22.8 Å². The van der Waals surface area contributed by atoms with Crippen molar-refractivity contribution in [1.29, 1.82) is 0 Å². The van der Waals surface area contributed by atoms with Crippen LogP contribution in [0.5, 0.6) is 0 Å². The summed E-state index contributed by atoms with van der Waals surface area (Å²) in [7, 11) is 0. The normalized spacial score (nSPS) is 12.1. The molecule has 4 rings (SSSR count). The van der Waals surface area contributed by atoms with E-state index in [2.05, 4.69) is 96.1 Å². The molecule has 1 unspecified atom stereocenters. The molecule has 0 aliphatic heterocycles. The predicted molar refractivity (Wildman–Crippen MR) is 115 cm³/mol. The first-order valence-corrected chi connectivity index (χ1v) is 10.0. The number of hydrogen-bond acceptors (Lipinski definition) is 2. The van der Waals surface area contributed by atoms with Crippen molar-refractivity contribution in [2.45, 2.75) is 23.4 Å². The third-order valence-electron chi connectivity index (χ3n) is 4.60. The van der Waals surface area contributed by atoms with Crippen LogP contribution in [0.25, 0.3) is 11.0 Å². The number of thioether (sulfide) groups is 1. The zero-order chi connectivity index (χ0) is 18.5. The average Bonchev–Trinajstić information content (AvgIpc) is 3.06. The Morgan fingerprint density at radius 1 is 0.889 bits per heavy atom. The van der Waals surface area contributed by atoms with Crippen LogP contribution in [-0.2, 0) is 6.54 Å². The first-order valence-electron chi connectivity index (χ1n) is 9.17. The second-order valence-electron chi connectivity index (χ2n) is 6.50. The van der Waals surface area contributed by atoms with Crippen LogP contribution >= 0.6 is 11.8 Å². The third-order valence-corrected chi connectivity index (χ3v) is 5.87. The van der Waals surface area contributed by atoms with E-state index < -0.39 is 0 Å². The fourth-order valence-electron chi connectivity index (χ4n) is 3.26. The lowest BCUT2D eigenvalue weighted by molar-refractivity contribution is 0.727. The van der Waals surface area contributed by atoms with Crippen molar-refractivity contribution in [3.63, 3.8) is 0 Å². The molecule has 0 spiro atoms. The van der Waals surface area contributed by atoms with Crippen molar-refractivity contribution in [2.75, 3.05) is 0 Å². The summed E-state index contributed by atoms with van der Waals surface area (Å²) in [5.74, 6) is 0. The van der Waals surface area contributed by atoms with E-state index in [1.54, 1.807) is 0 Å². The molecule has 0 aliphatic carbocycles. The van der Waals surface area contributed by atoms with Crippen LogP contribution in [0.4, 0.5) is 0 Å². The molecule has 1 aromatic heterocycles. The van der Waals surface area contributed by atoms with Gasteiger partial charge in [-0.25, -0.2) is 4.98 Å². The fourth-order valence-corrected chi connectivity index (χ4v) is 4.48. The van der Waals surface area contributed by atoms with Crippen LogP contribution in [0, 0.1) is 0 Å². The quantitative estimate of drug-likeness (QED) is 0.273. The van der Waals surface area contributed by atoms with Crippen LogP contribution in [0.2, 0.25) is 0 Å². The summed E-state index contributed by atoms with van der Waals surface area (Å²) in [6.07, 6.45) is 2.90. The second-order valence-corrected chi connectivity index (χ2v) is 7.67. The van der Waals surface area contributed by atoms with Crippen LogP contribution < -0.4 is 0 Å². The molecule has 0 amide bonds. The van der Waals surface area contributed by atoms with Gasteiger partial charge in [0, 0.05) is 5.25 Å². The molecule has 0 aliphatic rings. The highest BCUT2D eigenvalue weighted by Crippen LogP contribution is 2.39. The van der Waals surface area contributed by atoms with Gasteiger partial charge >= 0.3 is 0 Å². The summed E-state index contributed by atoms with van der Waals surface area (Å²) in [5, 5.41) is 1.35.